The maximum Gasteiger partial charge on any atom is 0.273 e. The number of carbonyl (C=O) groups excluding carboxylic acids is 1. The summed E-state index contributed by atoms with van der Waals surface area (Å²) in [6.45, 7) is 0.837. The van der Waals surface area contributed by atoms with E-state index >= 15 is 0 Å². The summed E-state index contributed by atoms with van der Waals surface area (Å²) in [6, 6.07) is 6.74. The molecule has 1 saturated heterocycles. The molecule has 0 bridgehead atoms. The van der Waals surface area contributed by atoms with Gasteiger partial charge in [0.25, 0.3) is 5.69 Å². The van der Waals surface area contributed by atoms with Gasteiger partial charge in [-0.15, -0.1) is 0 Å². The van der Waals surface area contributed by atoms with E-state index in [-0.39, 0.29) is 34.8 Å². The molecule has 2 N–H and O–H groups in total. The quantitative estimate of drug-likeness (QED) is 0.492. The van der Waals surface area contributed by atoms with Crippen molar-refractivity contribution in [3.63, 3.8) is 0 Å². The van der Waals surface area contributed by atoms with Crippen molar-refractivity contribution < 1.29 is 27.4 Å². The Morgan fingerprint density at radius 1 is 1.35 bits per heavy atom. The van der Waals surface area contributed by atoms with Crippen molar-refractivity contribution in [1.82, 2.24) is 0 Å². The lowest BCUT2D eigenvalue weighted by Gasteiger charge is -2.31. The molecule has 2 aliphatic rings. The smallest absolute Gasteiger partial charge is 0.273 e. The average Bonchev–Trinajstić information content (AvgIpc) is 2.85. The number of halogens is 1. The number of quaternary nitrogens is 1. The fourth-order valence-electron chi connectivity index (χ4n) is 3.45. The van der Waals surface area contributed by atoms with Gasteiger partial charge in [-0.1, -0.05) is 24.3 Å². The lowest BCUT2D eigenvalue weighted by molar-refractivity contribution is -0.672. The first kappa shape index (κ1) is 14.7. The summed E-state index contributed by atoms with van der Waals surface area (Å²) in [6.07, 6.45) is 4.93. The Bertz CT molecular complexity index is 588. The first-order valence-corrected chi connectivity index (χ1v) is 6.44. The number of fused-ring (bicyclic) bond motifs is 1. The number of nitrogens with two attached hydrogens (primary N) is 1. The Balaban J connectivity index is 0.00000147. The number of hydrogen-bond donors (Lipinski definition) is 1. The molecule has 0 amide bonds. The van der Waals surface area contributed by atoms with Gasteiger partial charge in [-0.2, -0.15) is 0 Å². The zero-order valence-electron chi connectivity index (χ0n) is 10.8. The molecule has 1 aromatic rings. The van der Waals surface area contributed by atoms with Crippen LogP contribution in [-0.4, -0.2) is 23.3 Å². The highest BCUT2D eigenvalue weighted by atomic mass is 35.5. The van der Waals surface area contributed by atoms with Crippen LogP contribution < -0.4 is 17.7 Å². The van der Waals surface area contributed by atoms with Gasteiger partial charge in [0, 0.05) is 24.5 Å². The van der Waals surface area contributed by atoms with Crippen LogP contribution in [0.5, 0.6) is 0 Å². The van der Waals surface area contributed by atoms with Crippen LogP contribution in [0.25, 0.3) is 0 Å². The van der Waals surface area contributed by atoms with Crippen LogP contribution in [0.3, 0.4) is 0 Å². The molecular formula is C14H15ClN2O3. The molecule has 1 fully saturated rings. The van der Waals surface area contributed by atoms with Crippen molar-refractivity contribution in [2.24, 2.45) is 0 Å². The van der Waals surface area contributed by atoms with E-state index in [9.17, 15) is 14.9 Å². The van der Waals surface area contributed by atoms with Crippen molar-refractivity contribution >= 4 is 11.5 Å². The first-order chi connectivity index (χ1) is 9.16. The maximum atomic E-state index is 12.4. The average molecular weight is 295 g/mol. The predicted molar refractivity (Wildman–Crippen MR) is 68.7 cm³/mol. The normalized spacial score (nSPS) is 27.8. The Morgan fingerprint density at radius 2 is 2.10 bits per heavy atom. The molecule has 20 heavy (non-hydrogen) atoms. The molecule has 0 unspecified atom stereocenters. The minimum absolute atomic E-state index is 0. The van der Waals surface area contributed by atoms with E-state index in [1.54, 1.807) is 24.3 Å². The number of allylic oxidation sites excluding steroid dienone is 1. The third-order valence-corrected chi connectivity index (χ3v) is 4.30. The van der Waals surface area contributed by atoms with Crippen molar-refractivity contribution in [2.75, 3.05) is 6.54 Å². The SMILES string of the molecule is O=C1C=CC[C@@H]2[NH2+]CC[C@]12c1ccccc1[N+](=O)[O-].[Cl-]. The number of hydrogen-bond acceptors (Lipinski definition) is 3. The molecule has 3 rings (SSSR count). The molecule has 6 heteroatoms. The molecule has 106 valence electrons. The summed E-state index contributed by atoms with van der Waals surface area (Å²) in [5, 5.41) is 13.4. The lowest BCUT2D eigenvalue weighted by Crippen LogP contribution is -3.00. The summed E-state index contributed by atoms with van der Waals surface area (Å²) in [7, 11) is 0. The van der Waals surface area contributed by atoms with E-state index in [1.807, 2.05) is 6.08 Å². The fraction of sp³-hybridized carbons (Fsp3) is 0.357. The second-order valence-electron chi connectivity index (χ2n) is 5.13. The first-order valence-electron chi connectivity index (χ1n) is 6.44. The van der Waals surface area contributed by atoms with Crippen molar-refractivity contribution in [2.45, 2.75) is 24.3 Å². The number of carbonyl (C=O) groups is 1. The fourth-order valence-corrected chi connectivity index (χ4v) is 3.45. The van der Waals surface area contributed by atoms with E-state index in [0.717, 1.165) is 13.0 Å². The van der Waals surface area contributed by atoms with Gasteiger partial charge in [0.2, 0.25) is 0 Å². The largest absolute Gasteiger partial charge is 1.00 e. The van der Waals surface area contributed by atoms with E-state index in [1.165, 1.54) is 6.07 Å². The molecule has 1 aromatic carbocycles. The standard InChI is InChI=1S/C14H14N2O3.ClH/c17-13-7-3-6-12-14(13,8-9-15-12)10-4-1-2-5-11(10)16(18)19;/h1-5,7,12,15H,6,8-9H2;1H/t12-,14+;/m0./s1. The van der Waals surface area contributed by atoms with Gasteiger partial charge >= 0.3 is 0 Å². The number of nitrogens with zero attached hydrogens (tertiary/aromatic N) is 1. The zero-order valence-corrected chi connectivity index (χ0v) is 11.5. The van der Waals surface area contributed by atoms with E-state index in [0.29, 0.717) is 12.0 Å². The van der Waals surface area contributed by atoms with Crippen molar-refractivity contribution in [3.05, 3.63) is 52.1 Å². The molecule has 0 saturated carbocycles. The van der Waals surface area contributed by atoms with E-state index < -0.39 is 5.41 Å². The van der Waals surface area contributed by atoms with Gasteiger partial charge in [0.15, 0.2) is 5.78 Å². The highest BCUT2D eigenvalue weighted by Crippen LogP contribution is 2.41. The van der Waals surface area contributed by atoms with Crippen molar-refractivity contribution in [3.8, 4) is 0 Å². The second-order valence-corrected chi connectivity index (χ2v) is 5.13. The molecule has 1 aliphatic heterocycles. The van der Waals surface area contributed by atoms with Crippen LogP contribution in [0, 0.1) is 10.1 Å². The minimum atomic E-state index is -0.710. The molecule has 0 radical (unpaired) electrons. The van der Waals surface area contributed by atoms with E-state index in [4.69, 9.17) is 0 Å². The summed E-state index contributed by atoms with van der Waals surface area (Å²) in [4.78, 5) is 23.3. The molecule has 1 heterocycles. The minimum Gasteiger partial charge on any atom is -1.00 e. The van der Waals surface area contributed by atoms with E-state index in [2.05, 4.69) is 5.32 Å². The molecule has 0 spiro atoms. The summed E-state index contributed by atoms with van der Waals surface area (Å²) in [5.41, 5.74) is -0.0714. The maximum absolute atomic E-state index is 12.4. The van der Waals surface area contributed by atoms with Gasteiger partial charge in [0.1, 0.15) is 11.5 Å². The number of benzene rings is 1. The third-order valence-electron chi connectivity index (χ3n) is 4.30. The highest BCUT2D eigenvalue weighted by Gasteiger charge is 2.55. The molecule has 1 aliphatic carbocycles. The molecular weight excluding hydrogens is 280 g/mol. The van der Waals surface area contributed by atoms with Gasteiger partial charge in [0.05, 0.1) is 11.5 Å². The van der Waals surface area contributed by atoms with Gasteiger partial charge in [-0.3, -0.25) is 14.9 Å². The molecule has 2 atom stereocenters. The number of para-hydroxylation sites is 1. The Kier molecular flexibility index (Phi) is 3.92. The summed E-state index contributed by atoms with van der Waals surface area (Å²) >= 11 is 0. The van der Waals surface area contributed by atoms with Crippen LogP contribution in [0.4, 0.5) is 5.69 Å². The Hall–Kier alpha value is -1.72. The highest BCUT2D eigenvalue weighted by molar-refractivity contribution is 6.01. The van der Waals surface area contributed by atoms with Crippen LogP contribution in [-0.2, 0) is 10.2 Å². The number of ketones is 1. The number of rotatable bonds is 2. The van der Waals surface area contributed by atoms with Crippen LogP contribution in [0.1, 0.15) is 18.4 Å². The zero-order chi connectivity index (χ0) is 13.5. The van der Waals surface area contributed by atoms with Crippen LogP contribution >= 0.6 is 0 Å². The van der Waals surface area contributed by atoms with Crippen LogP contribution in [0.15, 0.2) is 36.4 Å². The van der Waals surface area contributed by atoms with Crippen molar-refractivity contribution in [1.29, 1.82) is 0 Å². The summed E-state index contributed by atoms with van der Waals surface area (Å²) in [5.74, 6) is 0.00630. The van der Waals surface area contributed by atoms with Gasteiger partial charge < -0.3 is 17.7 Å². The Morgan fingerprint density at radius 3 is 2.85 bits per heavy atom. The number of nitro groups is 1. The van der Waals surface area contributed by atoms with Gasteiger partial charge in [-0.25, -0.2) is 0 Å². The van der Waals surface area contributed by atoms with Gasteiger partial charge in [-0.05, 0) is 6.08 Å². The lowest BCUT2D eigenvalue weighted by atomic mass is 9.67. The van der Waals surface area contributed by atoms with Crippen LogP contribution in [0.2, 0.25) is 0 Å². The Labute approximate surface area is 122 Å². The molecule has 5 nitrogen and oxygen atoms in total. The topological polar surface area (TPSA) is 76.8 Å². The molecule has 0 aromatic heterocycles. The predicted octanol–water partition coefficient (Wildman–Crippen LogP) is -2.30. The monoisotopic (exact) mass is 294 g/mol. The third kappa shape index (κ3) is 1.94. The second kappa shape index (κ2) is 5.34. The number of nitro benzene ring substituents is 1. The summed E-state index contributed by atoms with van der Waals surface area (Å²) < 4.78 is 0.